The molecule has 1 N–H and O–H groups in total. The fourth-order valence-electron chi connectivity index (χ4n) is 4.71. The molecule has 0 aliphatic carbocycles. The minimum atomic E-state index is -0.653. The van der Waals surface area contributed by atoms with Crippen molar-refractivity contribution >= 4 is 17.4 Å². The molecule has 1 saturated heterocycles. The number of nitrogens with zero attached hydrogens (tertiary/aromatic N) is 1. The maximum absolute atomic E-state index is 13.2. The number of hydrogen-bond donors (Lipinski definition) is 1. The van der Waals surface area contributed by atoms with E-state index in [1.54, 1.807) is 11.0 Å². The van der Waals surface area contributed by atoms with Crippen molar-refractivity contribution in [1.82, 2.24) is 4.90 Å². The number of rotatable bonds is 5. The van der Waals surface area contributed by atoms with E-state index in [0.717, 1.165) is 28.9 Å². The molecular formula is C28H25NO4. The van der Waals surface area contributed by atoms with Crippen LogP contribution in [0.3, 0.4) is 0 Å². The summed E-state index contributed by atoms with van der Waals surface area (Å²) in [5.41, 5.74) is 3.52. The van der Waals surface area contributed by atoms with E-state index in [4.69, 9.17) is 4.74 Å². The summed E-state index contributed by atoms with van der Waals surface area (Å²) >= 11 is 0. The number of fused-ring (bicyclic) bond motifs is 1. The number of benzene rings is 3. The van der Waals surface area contributed by atoms with E-state index < -0.39 is 17.7 Å². The number of hydrogen-bond acceptors (Lipinski definition) is 4. The number of likely N-dealkylation sites (tertiary alicyclic amines) is 1. The molecule has 166 valence electrons. The second kappa shape index (κ2) is 8.58. The van der Waals surface area contributed by atoms with E-state index in [2.05, 4.69) is 0 Å². The van der Waals surface area contributed by atoms with Gasteiger partial charge in [0.15, 0.2) is 0 Å². The Kier molecular flexibility index (Phi) is 5.47. The van der Waals surface area contributed by atoms with Crippen LogP contribution in [0.15, 0.2) is 84.4 Å². The van der Waals surface area contributed by atoms with Crippen LogP contribution in [0.25, 0.3) is 5.76 Å². The maximum Gasteiger partial charge on any atom is 0.295 e. The van der Waals surface area contributed by atoms with E-state index in [9.17, 15) is 14.7 Å². The molecular weight excluding hydrogens is 414 g/mol. The predicted molar refractivity (Wildman–Crippen MR) is 126 cm³/mol. The zero-order valence-corrected chi connectivity index (χ0v) is 18.4. The summed E-state index contributed by atoms with van der Waals surface area (Å²) in [5, 5.41) is 11.3. The van der Waals surface area contributed by atoms with Gasteiger partial charge in [0, 0.05) is 18.5 Å². The number of Topliss-reactive ketones (excluding diaryl/α,β-unsaturated/α-hetero) is 1. The Labute approximate surface area is 192 Å². The van der Waals surface area contributed by atoms with E-state index >= 15 is 0 Å². The molecule has 0 bridgehead atoms. The van der Waals surface area contributed by atoms with Gasteiger partial charge in [-0.3, -0.25) is 9.59 Å². The Morgan fingerprint density at radius 2 is 1.70 bits per heavy atom. The summed E-state index contributed by atoms with van der Waals surface area (Å²) in [7, 11) is 0. The summed E-state index contributed by atoms with van der Waals surface area (Å²) in [4.78, 5) is 27.9. The number of ether oxygens (including phenoxy) is 1. The highest BCUT2D eigenvalue weighted by Crippen LogP contribution is 2.40. The lowest BCUT2D eigenvalue weighted by Gasteiger charge is -2.25. The second-order valence-electron chi connectivity index (χ2n) is 8.59. The van der Waals surface area contributed by atoms with Crippen LogP contribution in [0.5, 0.6) is 5.75 Å². The first-order valence-electron chi connectivity index (χ1n) is 11.2. The number of aliphatic hydroxyl groups excluding tert-OH is 1. The highest BCUT2D eigenvalue weighted by atomic mass is 16.5. The molecule has 5 nitrogen and oxygen atoms in total. The third-order valence-corrected chi connectivity index (χ3v) is 6.31. The van der Waals surface area contributed by atoms with Gasteiger partial charge in [0.05, 0.1) is 11.6 Å². The monoisotopic (exact) mass is 439 g/mol. The summed E-state index contributed by atoms with van der Waals surface area (Å²) in [6.45, 7) is 2.37. The fraction of sp³-hybridized carbons (Fsp3) is 0.214. The molecule has 0 spiro atoms. The van der Waals surface area contributed by atoms with E-state index in [1.807, 2.05) is 79.7 Å². The summed E-state index contributed by atoms with van der Waals surface area (Å²) < 4.78 is 5.76. The van der Waals surface area contributed by atoms with Gasteiger partial charge in [0.2, 0.25) is 0 Å². The highest BCUT2D eigenvalue weighted by Gasteiger charge is 2.45. The molecule has 0 aromatic heterocycles. The molecule has 2 aliphatic rings. The Morgan fingerprint density at radius 1 is 1.00 bits per heavy atom. The first-order valence-corrected chi connectivity index (χ1v) is 11.2. The van der Waals surface area contributed by atoms with Gasteiger partial charge in [-0.15, -0.1) is 0 Å². The van der Waals surface area contributed by atoms with Gasteiger partial charge >= 0.3 is 0 Å². The van der Waals surface area contributed by atoms with Gasteiger partial charge in [-0.2, -0.15) is 0 Å². The first kappa shape index (κ1) is 21.0. The van der Waals surface area contributed by atoms with Gasteiger partial charge in [-0.1, -0.05) is 60.7 Å². The van der Waals surface area contributed by atoms with Crippen LogP contribution in [0, 0.1) is 0 Å². The molecule has 1 amide bonds. The molecule has 1 fully saturated rings. The minimum absolute atomic E-state index is 0.0743. The van der Waals surface area contributed by atoms with Crippen molar-refractivity contribution in [3.05, 3.63) is 107 Å². The molecule has 33 heavy (non-hydrogen) atoms. The number of carbonyl (C=O) groups is 2. The normalized spacial score (nSPS) is 21.2. The Hall–Kier alpha value is -3.86. The smallest absolute Gasteiger partial charge is 0.295 e. The zero-order valence-electron chi connectivity index (χ0n) is 18.4. The number of amides is 1. The van der Waals surface area contributed by atoms with Crippen molar-refractivity contribution in [2.45, 2.75) is 31.9 Å². The van der Waals surface area contributed by atoms with E-state index in [-0.39, 0.29) is 17.4 Å². The zero-order chi connectivity index (χ0) is 22.9. The van der Waals surface area contributed by atoms with Gasteiger partial charge in [0.1, 0.15) is 17.6 Å². The maximum atomic E-state index is 13.2. The van der Waals surface area contributed by atoms with Crippen LogP contribution in [-0.2, 0) is 22.4 Å². The van der Waals surface area contributed by atoms with Crippen molar-refractivity contribution in [1.29, 1.82) is 0 Å². The number of ketones is 1. The van der Waals surface area contributed by atoms with Gasteiger partial charge in [0.25, 0.3) is 11.7 Å². The molecule has 5 rings (SSSR count). The minimum Gasteiger partial charge on any atom is -0.507 e. The van der Waals surface area contributed by atoms with Crippen molar-refractivity contribution in [3.8, 4) is 5.75 Å². The lowest BCUT2D eigenvalue weighted by Crippen LogP contribution is -2.31. The summed E-state index contributed by atoms with van der Waals surface area (Å²) in [6.07, 6.45) is 1.43. The van der Waals surface area contributed by atoms with Crippen molar-refractivity contribution in [2.75, 3.05) is 6.54 Å². The quantitative estimate of drug-likeness (QED) is 0.356. The lowest BCUT2D eigenvalue weighted by atomic mass is 9.94. The van der Waals surface area contributed by atoms with Crippen LogP contribution >= 0.6 is 0 Å². The standard InChI is InChI=1S/C28H25NO4/c1-18-16-22-17-21(12-13-23(22)33-18)26(30)24-25(20-10-6-3-7-11-20)29(28(32)27(24)31)15-14-19-8-4-2-5-9-19/h2-13,17-18,25,30H,14-16H2,1H3. The molecule has 2 atom stereocenters. The molecule has 2 aliphatic heterocycles. The van der Waals surface area contributed by atoms with Crippen LogP contribution in [0.1, 0.15) is 35.2 Å². The van der Waals surface area contributed by atoms with Crippen molar-refractivity contribution < 1.29 is 19.4 Å². The number of carbonyl (C=O) groups excluding carboxylic acids is 2. The Balaban J connectivity index is 1.56. The van der Waals surface area contributed by atoms with Gasteiger partial charge in [-0.25, -0.2) is 0 Å². The highest BCUT2D eigenvalue weighted by molar-refractivity contribution is 6.46. The van der Waals surface area contributed by atoms with Crippen molar-refractivity contribution in [2.24, 2.45) is 0 Å². The molecule has 2 unspecified atom stereocenters. The Bertz CT molecular complexity index is 1230. The second-order valence-corrected chi connectivity index (χ2v) is 8.59. The van der Waals surface area contributed by atoms with Crippen LogP contribution in [-0.4, -0.2) is 34.3 Å². The predicted octanol–water partition coefficient (Wildman–Crippen LogP) is 4.67. The third-order valence-electron chi connectivity index (χ3n) is 6.31. The van der Waals surface area contributed by atoms with Crippen LogP contribution < -0.4 is 4.74 Å². The lowest BCUT2D eigenvalue weighted by molar-refractivity contribution is -0.139. The largest absolute Gasteiger partial charge is 0.507 e. The van der Waals surface area contributed by atoms with Crippen molar-refractivity contribution in [3.63, 3.8) is 0 Å². The SMILES string of the molecule is CC1Cc2cc(C(O)=C3C(=O)C(=O)N(CCc4ccccc4)C3c3ccccc3)ccc2O1. The molecule has 0 radical (unpaired) electrons. The molecule has 2 heterocycles. The summed E-state index contributed by atoms with van der Waals surface area (Å²) in [5.74, 6) is -0.590. The van der Waals surface area contributed by atoms with Crippen LogP contribution in [0.2, 0.25) is 0 Å². The topological polar surface area (TPSA) is 66.8 Å². The summed E-state index contributed by atoms with van der Waals surface area (Å²) in [6, 6.07) is 24.0. The fourth-order valence-corrected chi connectivity index (χ4v) is 4.71. The van der Waals surface area contributed by atoms with Gasteiger partial charge < -0.3 is 14.7 Å². The average molecular weight is 440 g/mol. The molecule has 3 aromatic carbocycles. The Morgan fingerprint density at radius 3 is 2.42 bits per heavy atom. The average Bonchev–Trinajstić information content (AvgIpc) is 3.34. The first-order chi connectivity index (χ1) is 16.0. The van der Waals surface area contributed by atoms with Crippen LogP contribution in [0.4, 0.5) is 0 Å². The molecule has 0 saturated carbocycles. The molecule has 3 aromatic rings. The molecule has 5 heteroatoms. The van der Waals surface area contributed by atoms with E-state index in [0.29, 0.717) is 18.5 Å². The number of aliphatic hydroxyl groups is 1. The third kappa shape index (κ3) is 3.91. The van der Waals surface area contributed by atoms with E-state index in [1.165, 1.54) is 0 Å². The van der Waals surface area contributed by atoms with Gasteiger partial charge in [-0.05, 0) is 48.2 Å².